The molecule has 1 heterocycles. The molecule has 1 aliphatic heterocycles. The molecule has 0 aromatic heterocycles. The molecular weight excluding hydrogens is 612 g/mol. The van der Waals surface area contributed by atoms with Crippen molar-refractivity contribution in [3.63, 3.8) is 0 Å². The lowest BCUT2D eigenvalue weighted by Crippen LogP contribution is -2.41. The highest BCUT2D eigenvalue weighted by atomic mass is 16.6. The number of fused-ring (bicyclic) bond motifs is 1. The molecule has 0 radical (unpaired) electrons. The summed E-state index contributed by atoms with van der Waals surface area (Å²) in [5, 5.41) is 12.5. The first-order chi connectivity index (χ1) is 22.8. The van der Waals surface area contributed by atoms with E-state index in [1.807, 2.05) is 99.6 Å². The molecule has 10 heteroatoms. The SMILES string of the molecule is CC(C)(C)OC(=O)N1CCOc2cc(OCc3ccccc3)ccc21.CC(C)(C)OC(=O)Nc1ccc(OCc2ccccc2)cc1O. The van der Waals surface area contributed by atoms with Crippen molar-refractivity contribution in [1.82, 2.24) is 0 Å². The number of carbonyl (C=O) groups is 2. The fourth-order valence-electron chi connectivity index (χ4n) is 4.40. The van der Waals surface area contributed by atoms with E-state index in [0.29, 0.717) is 49.3 Å². The van der Waals surface area contributed by atoms with Gasteiger partial charge in [-0.05, 0) is 76.9 Å². The van der Waals surface area contributed by atoms with Crippen LogP contribution in [0.25, 0.3) is 0 Å². The van der Waals surface area contributed by atoms with Gasteiger partial charge >= 0.3 is 12.2 Å². The van der Waals surface area contributed by atoms with Gasteiger partial charge in [0.05, 0.1) is 17.9 Å². The lowest BCUT2D eigenvalue weighted by molar-refractivity contribution is 0.0566. The molecule has 0 atom stereocenters. The third-order valence-corrected chi connectivity index (χ3v) is 6.51. The Kier molecular flexibility index (Phi) is 11.8. The number of hydrogen-bond donors (Lipinski definition) is 2. The molecule has 4 aromatic carbocycles. The summed E-state index contributed by atoms with van der Waals surface area (Å²) in [4.78, 5) is 25.7. The number of nitrogens with zero attached hydrogens (tertiary/aromatic N) is 1. The number of rotatable bonds is 7. The average molecular weight is 657 g/mol. The van der Waals surface area contributed by atoms with E-state index in [1.54, 1.807) is 37.8 Å². The van der Waals surface area contributed by atoms with Crippen LogP contribution in [0.4, 0.5) is 21.0 Å². The van der Waals surface area contributed by atoms with Gasteiger partial charge in [-0.25, -0.2) is 9.59 Å². The summed E-state index contributed by atoms with van der Waals surface area (Å²) in [6.07, 6.45) is -0.985. The summed E-state index contributed by atoms with van der Waals surface area (Å²) >= 11 is 0. The summed E-state index contributed by atoms with van der Waals surface area (Å²) in [6.45, 7) is 12.6. The maximum Gasteiger partial charge on any atom is 0.415 e. The van der Waals surface area contributed by atoms with Gasteiger partial charge in [-0.15, -0.1) is 0 Å². The van der Waals surface area contributed by atoms with Crippen LogP contribution in [-0.2, 0) is 22.7 Å². The van der Waals surface area contributed by atoms with Crippen molar-refractivity contribution < 1.29 is 38.4 Å². The van der Waals surface area contributed by atoms with Gasteiger partial charge in [0, 0.05) is 12.1 Å². The summed E-state index contributed by atoms with van der Waals surface area (Å²) in [5.41, 5.74) is 1.96. The van der Waals surface area contributed by atoms with Crippen molar-refractivity contribution in [2.24, 2.45) is 0 Å². The van der Waals surface area contributed by atoms with Crippen LogP contribution in [0.3, 0.4) is 0 Å². The Hall–Kier alpha value is -5.38. The molecule has 0 bridgehead atoms. The van der Waals surface area contributed by atoms with Crippen LogP contribution < -0.4 is 24.4 Å². The largest absolute Gasteiger partial charge is 0.506 e. The smallest absolute Gasteiger partial charge is 0.415 e. The molecule has 0 spiro atoms. The van der Waals surface area contributed by atoms with Crippen LogP contribution in [0.1, 0.15) is 52.7 Å². The van der Waals surface area contributed by atoms with E-state index in [1.165, 1.54) is 6.07 Å². The van der Waals surface area contributed by atoms with Gasteiger partial charge in [0.2, 0.25) is 0 Å². The minimum Gasteiger partial charge on any atom is -0.506 e. The Morgan fingerprint density at radius 1 is 0.750 bits per heavy atom. The van der Waals surface area contributed by atoms with Crippen molar-refractivity contribution in [2.45, 2.75) is 66.0 Å². The molecule has 48 heavy (non-hydrogen) atoms. The molecular formula is C38H44N2O8. The topological polar surface area (TPSA) is 116 Å². The van der Waals surface area contributed by atoms with Gasteiger partial charge in [-0.1, -0.05) is 60.7 Å². The molecule has 254 valence electrons. The van der Waals surface area contributed by atoms with E-state index < -0.39 is 17.3 Å². The van der Waals surface area contributed by atoms with Gasteiger partial charge in [0.1, 0.15) is 54.0 Å². The number of anilines is 2. The number of aromatic hydroxyl groups is 1. The molecule has 1 aliphatic rings. The van der Waals surface area contributed by atoms with Crippen LogP contribution in [0.2, 0.25) is 0 Å². The lowest BCUT2D eigenvalue weighted by atomic mass is 10.2. The lowest BCUT2D eigenvalue weighted by Gasteiger charge is -2.31. The molecule has 0 saturated carbocycles. The number of benzene rings is 4. The highest BCUT2D eigenvalue weighted by Crippen LogP contribution is 2.36. The fourth-order valence-corrected chi connectivity index (χ4v) is 4.40. The van der Waals surface area contributed by atoms with Crippen molar-refractivity contribution in [1.29, 1.82) is 0 Å². The van der Waals surface area contributed by atoms with E-state index in [0.717, 1.165) is 11.1 Å². The van der Waals surface area contributed by atoms with Gasteiger partial charge < -0.3 is 28.8 Å². The van der Waals surface area contributed by atoms with Crippen LogP contribution in [0.15, 0.2) is 97.1 Å². The molecule has 2 amide bonds. The molecule has 0 unspecified atom stereocenters. The monoisotopic (exact) mass is 656 g/mol. The standard InChI is InChI=1S/C20H23NO4.C18H21NO4/c1-20(2,3)25-19(22)21-11-12-23-18-13-16(9-10-17(18)21)24-14-15-7-5-4-6-8-15;1-18(2,3)23-17(21)19-15-10-9-14(11-16(15)20)22-12-13-7-5-4-6-8-13/h4-10,13H,11-12,14H2,1-3H3;4-11,20H,12H2,1-3H3,(H,19,21). The molecule has 4 aromatic rings. The third-order valence-electron chi connectivity index (χ3n) is 6.51. The molecule has 0 saturated heterocycles. The maximum absolute atomic E-state index is 12.4. The van der Waals surface area contributed by atoms with E-state index in [-0.39, 0.29) is 17.5 Å². The van der Waals surface area contributed by atoms with E-state index in [9.17, 15) is 14.7 Å². The van der Waals surface area contributed by atoms with Gasteiger partial charge in [-0.3, -0.25) is 10.2 Å². The highest BCUT2D eigenvalue weighted by molar-refractivity contribution is 5.90. The molecule has 10 nitrogen and oxygen atoms in total. The number of carbonyl (C=O) groups excluding carboxylic acids is 2. The second kappa shape index (κ2) is 15.9. The van der Waals surface area contributed by atoms with Crippen LogP contribution in [-0.4, -0.2) is 41.6 Å². The Morgan fingerprint density at radius 2 is 1.29 bits per heavy atom. The molecule has 5 rings (SSSR count). The van der Waals surface area contributed by atoms with Crippen molar-refractivity contribution >= 4 is 23.6 Å². The van der Waals surface area contributed by atoms with Crippen LogP contribution >= 0.6 is 0 Å². The number of amides is 2. The zero-order valence-electron chi connectivity index (χ0n) is 28.3. The highest BCUT2D eigenvalue weighted by Gasteiger charge is 2.28. The number of hydrogen-bond acceptors (Lipinski definition) is 8. The first kappa shape index (κ1) is 35.5. The quantitative estimate of drug-likeness (QED) is 0.190. The Labute approximate surface area is 282 Å². The zero-order chi connectivity index (χ0) is 34.7. The number of ether oxygens (including phenoxy) is 5. The Morgan fingerprint density at radius 3 is 1.83 bits per heavy atom. The van der Waals surface area contributed by atoms with Gasteiger partial charge in [-0.2, -0.15) is 0 Å². The summed E-state index contributed by atoms with van der Waals surface area (Å²) < 4.78 is 27.7. The minimum atomic E-state index is -0.620. The summed E-state index contributed by atoms with van der Waals surface area (Å²) in [5.74, 6) is 1.76. The second-order valence-corrected chi connectivity index (χ2v) is 13.0. The van der Waals surface area contributed by atoms with E-state index in [4.69, 9.17) is 23.7 Å². The minimum absolute atomic E-state index is 0.0820. The van der Waals surface area contributed by atoms with Crippen molar-refractivity contribution in [3.05, 3.63) is 108 Å². The van der Waals surface area contributed by atoms with E-state index >= 15 is 0 Å². The van der Waals surface area contributed by atoms with Crippen molar-refractivity contribution in [3.8, 4) is 23.0 Å². The summed E-state index contributed by atoms with van der Waals surface area (Å²) in [6, 6.07) is 29.9. The van der Waals surface area contributed by atoms with Crippen LogP contribution in [0.5, 0.6) is 23.0 Å². The maximum atomic E-state index is 12.4. The second-order valence-electron chi connectivity index (χ2n) is 13.0. The fraction of sp³-hybridized carbons (Fsp3) is 0.316. The van der Waals surface area contributed by atoms with Crippen molar-refractivity contribution in [2.75, 3.05) is 23.4 Å². The normalized spacial score (nSPS) is 12.3. The number of phenols is 1. The summed E-state index contributed by atoms with van der Waals surface area (Å²) in [7, 11) is 0. The predicted molar refractivity (Wildman–Crippen MR) is 185 cm³/mol. The zero-order valence-corrected chi connectivity index (χ0v) is 28.3. The Bertz CT molecular complexity index is 1650. The van der Waals surface area contributed by atoms with E-state index in [2.05, 4.69) is 5.32 Å². The molecule has 0 aliphatic carbocycles. The Balaban J connectivity index is 0.000000218. The third kappa shape index (κ3) is 11.5. The predicted octanol–water partition coefficient (Wildman–Crippen LogP) is 8.72. The molecule has 2 N–H and O–H groups in total. The average Bonchev–Trinajstić information content (AvgIpc) is 3.03. The van der Waals surface area contributed by atoms with Crippen LogP contribution in [0, 0.1) is 0 Å². The van der Waals surface area contributed by atoms with Gasteiger partial charge in [0.25, 0.3) is 0 Å². The first-order valence-electron chi connectivity index (χ1n) is 15.7. The molecule has 0 fully saturated rings. The number of phenolic OH excluding ortho intramolecular Hbond substituents is 1. The first-order valence-corrected chi connectivity index (χ1v) is 15.7. The van der Waals surface area contributed by atoms with Gasteiger partial charge in [0.15, 0.2) is 0 Å². The number of nitrogens with one attached hydrogen (secondary N) is 1.